The van der Waals surface area contributed by atoms with E-state index in [-0.39, 0.29) is 29.4 Å². The third kappa shape index (κ3) is 4.13. The molecule has 0 amide bonds. The molecule has 0 aromatic heterocycles. The lowest BCUT2D eigenvalue weighted by Crippen LogP contribution is -2.43. The predicted molar refractivity (Wildman–Crippen MR) is 76.6 cm³/mol. The Kier molecular flexibility index (Phi) is 5.82. The summed E-state index contributed by atoms with van der Waals surface area (Å²) in [6.45, 7) is 5.85. The van der Waals surface area contributed by atoms with Crippen molar-refractivity contribution in [2.75, 3.05) is 7.11 Å². The molecule has 0 spiro atoms. The summed E-state index contributed by atoms with van der Waals surface area (Å²) in [6.07, 6.45) is 0.838. The zero-order valence-electron chi connectivity index (χ0n) is 12.4. The van der Waals surface area contributed by atoms with Gasteiger partial charge in [-0.25, -0.2) is 0 Å². The molecule has 0 heterocycles. The molecule has 3 N–H and O–H groups in total. The minimum atomic E-state index is -0.426. The monoisotopic (exact) mass is 281 g/mol. The van der Waals surface area contributed by atoms with Crippen LogP contribution < -0.4 is 5.32 Å². The highest BCUT2D eigenvalue weighted by Gasteiger charge is 2.26. The van der Waals surface area contributed by atoms with Crippen LogP contribution in [0.5, 0.6) is 11.5 Å². The van der Waals surface area contributed by atoms with E-state index in [1.807, 2.05) is 20.8 Å². The number of benzene rings is 1. The van der Waals surface area contributed by atoms with Crippen LogP contribution in [-0.2, 0) is 9.53 Å². The van der Waals surface area contributed by atoms with Gasteiger partial charge in [-0.1, -0.05) is 20.3 Å². The van der Waals surface area contributed by atoms with Gasteiger partial charge in [-0.15, -0.1) is 0 Å². The molecule has 0 saturated heterocycles. The van der Waals surface area contributed by atoms with Crippen LogP contribution in [0.3, 0.4) is 0 Å². The van der Waals surface area contributed by atoms with Gasteiger partial charge in [-0.3, -0.25) is 10.1 Å². The lowest BCUT2D eigenvalue weighted by atomic mass is 9.97. The second kappa shape index (κ2) is 7.14. The number of ether oxygens (including phenoxy) is 1. The first-order valence-corrected chi connectivity index (χ1v) is 6.75. The fourth-order valence-corrected chi connectivity index (χ4v) is 2.06. The van der Waals surface area contributed by atoms with Crippen LogP contribution >= 0.6 is 0 Å². The summed E-state index contributed by atoms with van der Waals surface area (Å²) < 4.78 is 4.82. The zero-order valence-corrected chi connectivity index (χ0v) is 12.4. The zero-order chi connectivity index (χ0) is 15.3. The number of carbonyl (C=O) groups excluding carboxylic acids is 1. The number of esters is 1. The molecule has 1 rings (SSSR count). The molecule has 1 aromatic carbocycles. The van der Waals surface area contributed by atoms with Crippen molar-refractivity contribution < 1.29 is 19.7 Å². The molecule has 0 bridgehead atoms. The quantitative estimate of drug-likeness (QED) is 0.697. The Morgan fingerprint density at radius 1 is 1.25 bits per heavy atom. The van der Waals surface area contributed by atoms with Crippen LogP contribution in [0, 0.1) is 5.92 Å². The Hall–Kier alpha value is -1.75. The first-order chi connectivity index (χ1) is 9.38. The average Bonchev–Trinajstić information content (AvgIpc) is 2.41. The summed E-state index contributed by atoms with van der Waals surface area (Å²) in [5.74, 6) is -0.204. The lowest BCUT2D eigenvalue weighted by Gasteiger charge is -2.26. The smallest absolute Gasteiger partial charge is 0.323 e. The number of phenolic OH excluding ortho intramolecular Hbond substituents is 2. The Labute approximate surface area is 119 Å². The fourth-order valence-electron chi connectivity index (χ4n) is 2.06. The standard InChI is InChI=1S/C15H23NO4/c1-5-9(2)14(15(19)20-4)16-10(3)11-6-12(17)8-13(18)7-11/h6-10,14,16-18H,5H2,1-4H3. The van der Waals surface area contributed by atoms with Crippen LogP contribution in [-0.4, -0.2) is 29.3 Å². The number of hydrogen-bond acceptors (Lipinski definition) is 5. The van der Waals surface area contributed by atoms with Crippen molar-refractivity contribution in [2.24, 2.45) is 5.92 Å². The van der Waals surface area contributed by atoms with Gasteiger partial charge in [0.1, 0.15) is 17.5 Å². The first kappa shape index (κ1) is 16.3. The van der Waals surface area contributed by atoms with Crippen molar-refractivity contribution in [3.8, 4) is 11.5 Å². The third-order valence-electron chi connectivity index (χ3n) is 3.52. The maximum Gasteiger partial charge on any atom is 0.323 e. The average molecular weight is 281 g/mol. The van der Waals surface area contributed by atoms with Gasteiger partial charge < -0.3 is 14.9 Å². The summed E-state index contributed by atoms with van der Waals surface area (Å²) in [5, 5.41) is 22.2. The number of phenols is 2. The van der Waals surface area contributed by atoms with Gasteiger partial charge in [0.15, 0.2) is 0 Å². The molecule has 3 unspecified atom stereocenters. The summed E-state index contributed by atoms with van der Waals surface area (Å²) in [4.78, 5) is 11.8. The van der Waals surface area contributed by atoms with E-state index in [4.69, 9.17) is 4.74 Å². The van der Waals surface area contributed by atoms with E-state index >= 15 is 0 Å². The number of methoxy groups -OCH3 is 1. The van der Waals surface area contributed by atoms with Crippen LogP contribution in [0.2, 0.25) is 0 Å². The maximum absolute atomic E-state index is 11.8. The molecule has 5 nitrogen and oxygen atoms in total. The van der Waals surface area contributed by atoms with Gasteiger partial charge in [-0.05, 0) is 30.5 Å². The molecule has 0 fully saturated rings. The molecule has 20 heavy (non-hydrogen) atoms. The number of aromatic hydroxyl groups is 2. The molecular weight excluding hydrogens is 258 g/mol. The van der Waals surface area contributed by atoms with Crippen molar-refractivity contribution in [1.82, 2.24) is 5.32 Å². The van der Waals surface area contributed by atoms with Gasteiger partial charge >= 0.3 is 5.97 Å². The van der Waals surface area contributed by atoms with Crippen molar-refractivity contribution in [3.63, 3.8) is 0 Å². The normalized spacial score (nSPS) is 15.4. The Bertz CT molecular complexity index is 441. The van der Waals surface area contributed by atoms with Gasteiger partial charge in [0.05, 0.1) is 7.11 Å². The van der Waals surface area contributed by atoms with E-state index in [1.165, 1.54) is 13.2 Å². The molecule has 0 aliphatic carbocycles. The first-order valence-electron chi connectivity index (χ1n) is 6.75. The Morgan fingerprint density at radius 3 is 2.25 bits per heavy atom. The number of carbonyl (C=O) groups is 1. The Morgan fingerprint density at radius 2 is 1.80 bits per heavy atom. The Balaban J connectivity index is 2.89. The molecule has 112 valence electrons. The van der Waals surface area contributed by atoms with E-state index in [9.17, 15) is 15.0 Å². The molecule has 3 atom stereocenters. The molecule has 1 aromatic rings. The topological polar surface area (TPSA) is 78.8 Å². The van der Waals surface area contributed by atoms with E-state index in [0.29, 0.717) is 5.56 Å². The predicted octanol–water partition coefficient (Wildman–Crippen LogP) is 2.34. The van der Waals surface area contributed by atoms with Crippen molar-refractivity contribution >= 4 is 5.97 Å². The summed E-state index contributed by atoms with van der Waals surface area (Å²) in [7, 11) is 1.37. The minimum absolute atomic E-state index is 0.00759. The van der Waals surface area contributed by atoms with E-state index in [0.717, 1.165) is 6.42 Å². The highest BCUT2D eigenvalue weighted by atomic mass is 16.5. The SMILES string of the molecule is CCC(C)C(NC(C)c1cc(O)cc(O)c1)C(=O)OC. The summed E-state index contributed by atoms with van der Waals surface area (Å²) >= 11 is 0. The van der Waals surface area contributed by atoms with Crippen LogP contribution in [0.4, 0.5) is 0 Å². The van der Waals surface area contributed by atoms with Gasteiger partial charge in [0.25, 0.3) is 0 Å². The molecule has 0 saturated carbocycles. The van der Waals surface area contributed by atoms with Crippen LogP contribution in [0.25, 0.3) is 0 Å². The molecule has 0 radical (unpaired) electrons. The van der Waals surface area contributed by atoms with Gasteiger partial charge in [-0.2, -0.15) is 0 Å². The van der Waals surface area contributed by atoms with Crippen molar-refractivity contribution in [2.45, 2.75) is 39.3 Å². The minimum Gasteiger partial charge on any atom is -0.508 e. The highest BCUT2D eigenvalue weighted by molar-refractivity contribution is 5.76. The third-order valence-corrected chi connectivity index (χ3v) is 3.52. The fraction of sp³-hybridized carbons (Fsp3) is 0.533. The van der Waals surface area contributed by atoms with Gasteiger partial charge in [0.2, 0.25) is 0 Å². The number of hydrogen-bond donors (Lipinski definition) is 3. The van der Waals surface area contributed by atoms with E-state index in [1.54, 1.807) is 12.1 Å². The molecular formula is C15H23NO4. The molecule has 0 aliphatic heterocycles. The second-order valence-electron chi connectivity index (χ2n) is 5.06. The highest BCUT2D eigenvalue weighted by Crippen LogP contribution is 2.25. The van der Waals surface area contributed by atoms with Gasteiger partial charge in [0, 0.05) is 12.1 Å². The van der Waals surface area contributed by atoms with Crippen LogP contribution in [0.15, 0.2) is 18.2 Å². The van der Waals surface area contributed by atoms with Crippen molar-refractivity contribution in [3.05, 3.63) is 23.8 Å². The number of nitrogens with one attached hydrogen (secondary N) is 1. The van der Waals surface area contributed by atoms with Crippen molar-refractivity contribution in [1.29, 1.82) is 0 Å². The van der Waals surface area contributed by atoms with E-state index in [2.05, 4.69) is 5.32 Å². The molecule has 0 aliphatic rings. The molecule has 5 heteroatoms. The van der Waals surface area contributed by atoms with Crippen LogP contribution in [0.1, 0.15) is 38.8 Å². The largest absolute Gasteiger partial charge is 0.508 e. The summed E-state index contributed by atoms with van der Waals surface area (Å²) in [6, 6.07) is 3.75. The maximum atomic E-state index is 11.8. The number of rotatable bonds is 6. The lowest BCUT2D eigenvalue weighted by molar-refractivity contribution is -0.144. The van der Waals surface area contributed by atoms with E-state index < -0.39 is 6.04 Å². The second-order valence-corrected chi connectivity index (χ2v) is 5.06. The summed E-state index contributed by atoms with van der Waals surface area (Å²) in [5.41, 5.74) is 0.708.